The van der Waals surface area contributed by atoms with Gasteiger partial charge in [-0.2, -0.15) is 13.2 Å². The molecule has 0 aliphatic heterocycles. The fraction of sp³-hybridized carbons (Fsp3) is 0.455. The van der Waals surface area contributed by atoms with Gasteiger partial charge in [-0.1, -0.05) is 31.5 Å². The van der Waals surface area contributed by atoms with Gasteiger partial charge in [-0.15, -0.1) is 5.10 Å². The molecule has 2 rings (SSSR count). The van der Waals surface area contributed by atoms with Crippen LogP contribution in [0.15, 0.2) is 30.3 Å². The van der Waals surface area contributed by atoms with Crippen LogP contribution in [-0.4, -0.2) is 50.2 Å². The highest BCUT2D eigenvalue weighted by molar-refractivity contribution is 7.90. The Hall–Kier alpha value is -2.57. The Kier molecular flexibility index (Phi) is 10.2. The number of carbonyl (C=O) groups excluding carboxylic acids is 1. The summed E-state index contributed by atoms with van der Waals surface area (Å²) in [6.45, 7) is 4.19. The monoisotopic (exact) mass is 537 g/mol. The molecule has 1 amide bonds. The van der Waals surface area contributed by atoms with Crippen molar-refractivity contribution in [3.05, 3.63) is 52.2 Å². The molecule has 0 unspecified atom stereocenters. The fourth-order valence-corrected chi connectivity index (χ4v) is 4.27. The van der Waals surface area contributed by atoms with E-state index in [0.717, 1.165) is 18.2 Å². The normalized spacial score (nSPS) is 12.5. The molecular weight excluding hydrogens is 511 g/mol. The van der Waals surface area contributed by atoms with Crippen LogP contribution in [-0.2, 0) is 32.3 Å². The Balaban J connectivity index is 2.24. The van der Waals surface area contributed by atoms with Crippen molar-refractivity contribution in [1.29, 1.82) is 0 Å². The maximum atomic E-state index is 12.9. The average molecular weight is 538 g/mol. The number of halogens is 4. The summed E-state index contributed by atoms with van der Waals surface area (Å²) < 4.78 is 76.6. The molecule has 0 aliphatic carbocycles. The van der Waals surface area contributed by atoms with Crippen LogP contribution < -0.4 is 9.46 Å². The number of benzene rings is 1. The molecule has 8 nitrogen and oxygen atoms in total. The van der Waals surface area contributed by atoms with Crippen molar-refractivity contribution >= 4 is 33.6 Å². The quantitative estimate of drug-likeness (QED) is 0.323. The van der Waals surface area contributed by atoms with Gasteiger partial charge in [0.2, 0.25) is 15.9 Å². The first-order valence-electron chi connectivity index (χ1n) is 10.6. The minimum absolute atomic E-state index is 0.0292. The van der Waals surface area contributed by atoms with E-state index in [0.29, 0.717) is 24.3 Å². The van der Waals surface area contributed by atoms with Gasteiger partial charge in [0.1, 0.15) is 6.61 Å². The number of rotatable bonds is 12. The number of ether oxygens (including phenoxy) is 2. The maximum Gasteiger partial charge on any atom is 0.416 e. The second-order valence-corrected chi connectivity index (χ2v) is 10.3. The van der Waals surface area contributed by atoms with Gasteiger partial charge in [-0.25, -0.2) is 13.1 Å². The van der Waals surface area contributed by atoms with Crippen molar-refractivity contribution < 1.29 is 35.9 Å². The van der Waals surface area contributed by atoms with Crippen molar-refractivity contribution in [3.8, 4) is 5.88 Å². The summed E-state index contributed by atoms with van der Waals surface area (Å²) in [6, 6.07) is 4.46. The van der Waals surface area contributed by atoms with E-state index in [4.69, 9.17) is 21.1 Å². The average Bonchev–Trinajstić information content (AvgIpc) is 3.13. The van der Waals surface area contributed by atoms with Crippen LogP contribution in [0.2, 0.25) is 5.02 Å². The highest BCUT2D eigenvalue weighted by Gasteiger charge is 2.31. The summed E-state index contributed by atoms with van der Waals surface area (Å²) in [5.74, 6) is -0.711. The first kappa shape index (κ1) is 28.7. The van der Waals surface area contributed by atoms with E-state index in [1.165, 1.54) is 30.0 Å². The molecule has 1 aromatic heterocycles. The zero-order chi connectivity index (χ0) is 26.2. The number of amides is 1. The number of alkyl halides is 3. The van der Waals surface area contributed by atoms with Crippen LogP contribution >= 0.6 is 11.6 Å². The van der Waals surface area contributed by atoms with Gasteiger partial charge in [-0.3, -0.25) is 9.48 Å². The Labute approximate surface area is 207 Å². The van der Waals surface area contributed by atoms with Crippen LogP contribution in [0, 0.1) is 5.92 Å². The summed E-state index contributed by atoms with van der Waals surface area (Å²) in [5.41, 5.74) is -0.199. The third kappa shape index (κ3) is 9.54. The molecular formula is C22H27ClF3N3O5S. The Morgan fingerprint density at radius 2 is 1.97 bits per heavy atom. The Bertz CT molecular complexity index is 1150. The van der Waals surface area contributed by atoms with Crippen molar-refractivity contribution in [3.63, 3.8) is 0 Å². The zero-order valence-electron chi connectivity index (χ0n) is 19.4. The molecule has 0 saturated heterocycles. The number of methoxy groups -OCH3 is 1. The van der Waals surface area contributed by atoms with Crippen LogP contribution in [0.1, 0.15) is 37.1 Å². The first-order chi connectivity index (χ1) is 16.3. The number of nitrogens with zero attached hydrogens (tertiary/aromatic N) is 2. The lowest BCUT2D eigenvalue weighted by Gasteiger charge is -2.11. The molecule has 13 heteroatoms. The maximum absolute atomic E-state index is 12.9. The predicted molar refractivity (Wildman–Crippen MR) is 126 cm³/mol. The topological polar surface area (TPSA) is 99.5 Å². The Morgan fingerprint density at radius 3 is 2.57 bits per heavy atom. The summed E-state index contributed by atoms with van der Waals surface area (Å²) in [5, 5.41) is 4.14. The van der Waals surface area contributed by atoms with E-state index in [2.05, 4.69) is 5.10 Å². The molecule has 0 spiro atoms. The number of nitrogens with one attached hydrogen (secondary N) is 1. The van der Waals surface area contributed by atoms with Crippen LogP contribution in [0.5, 0.6) is 5.88 Å². The smallest absolute Gasteiger partial charge is 0.416 e. The second-order valence-electron chi connectivity index (χ2n) is 8.01. The first-order valence-corrected chi connectivity index (χ1v) is 12.6. The molecule has 0 bridgehead atoms. The largest absolute Gasteiger partial charge is 0.474 e. The number of carbonyl (C=O) groups is 1. The highest BCUT2D eigenvalue weighted by atomic mass is 35.5. The molecule has 1 heterocycles. The molecule has 35 heavy (non-hydrogen) atoms. The van der Waals surface area contributed by atoms with Crippen LogP contribution in [0.4, 0.5) is 13.2 Å². The molecule has 194 valence electrons. The number of hydrogen-bond acceptors (Lipinski definition) is 6. The molecule has 1 N–H and O–H groups in total. The van der Waals surface area contributed by atoms with Gasteiger partial charge < -0.3 is 9.47 Å². The second kappa shape index (κ2) is 12.4. The summed E-state index contributed by atoms with van der Waals surface area (Å²) in [7, 11) is -2.30. The molecule has 1 aromatic carbocycles. The van der Waals surface area contributed by atoms with Crippen molar-refractivity contribution in [1.82, 2.24) is 14.5 Å². The van der Waals surface area contributed by atoms with Gasteiger partial charge in [-0.05, 0) is 36.1 Å². The summed E-state index contributed by atoms with van der Waals surface area (Å²) in [4.78, 5) is 12.2. The zero-order valence-corrected chi connectivity index (χ0v) is 21.0. The van der Waals surface area contributed by atoms with Crippen molar-refractivity contribution in [2.24, 2.45) is 5.92 Å². The molecule has 0 aliphatic rings. The van der Waals surface area contributed by atoms with Crippen LogP contribution in [0.25, 0.3) is 6.08 Å². The SMILES string of the molecule is COCCOc1cc(/C=C/C(=O)NS(=O)(=O)CCC(C)C)n(Cc2ccc(C(F)(F)F)cc2Cl)n1. The lowest BCUT2D eigenvalue weighted by atomic mass is 10.1. The van der Waals surface area contributed by atoms with E-state index in [-0.39, 0.29) is 35.7 Å². The van der Waals surface area contributed by atoms with Gasteiger partial charge in [0, 0.05) is 24.3 Å². The fourth-order valence-electron chi connectivity index (χ4n) is 2.77. The Morgan fingerprint density at radius 1 is 1.26 bits per heavy atom. The van der Waals surface area contributed by atoms with Crippen LogP contribution in [0.3, 0.4) is 0 Å². The summed E-state index contributed by atoms with van der Waals surface area (Å²) >= 11 is 6.06. The van der Waals surface area contributed by atoms with E-state index in [1.807, 2.05) is 18.6 Å². The summed E-state index contributed by atoms with van der Waals surface area (Å²) in [6.07, 6.45) is -1.79. The van der Waals surface area contributed by atoms with Crippen molar-refractivity contribution in [2.45, 2.75) is 33.0 Å². The van der Waals surface area contributed by atoms with Crippen molar-refractivity contribution in [2.75, 3.05) is 26.1 Å². The standard InChI is InChI=1S/C22H27ClF3N3O5S/c1-15(2)8-11-35(31,32)28-20(30)7-6-18-13-21(34-10-9-33-3)27-29(18)14-16-4-5-17(12-19(16)23)22(24,25)26/h4-7,12-13,15H,8-11,14H2,1-3H3,(H,28,30)/b7-6+. The third-order valence-corrected chi connectivity index (χ3v) is 6.29. The molecule has 0 atom stereocenters. The number of sulfonamides is 1. The molecule has 0 fully saturated rings. The molecule has 2 aromatic rings. The lowest BCUT2D eigenvalue weighted by Crippen LogP contribution is -2.31. The van der Waals surface area contributed by atoms with Gasteiger partial charge in [0.05, 0.1) is 30.2 Å². The lowest BCUT2D eigenvalue weighted by molar-refractivity contribution is -0.137. The predicted octanol–water partition coefficient (Wildman–Crippen LogP) is 4.13. The number of hydrogen-bond donors (Lipinski definition) is 1. The van der Waals surface area contributed by atoms with E-state index >= 15 is 0 Å². The van der Waals surface area contributed by atoms with Gasteiger partial charge in [0.15, 0.2) is 0 Å². The minimum Gasteiger partial charge on any atom is -0.474 e. The third-order valence-electron chi connectivity index (χ3n) is 4.65. The highest BCUT2D eigenvalue weighted by Crippen LogP contribution is 2.32. The van der Waals surface area contributed by atoms with E-state index in [9.17, 15) is 26.4 Å². The number of aromatic nitrogens is 2. The molecule has 0 saturated carbocycles. The van der Waals surface area contributed by atoms with E-state index in [1.54, 1.807) is 0 Å². The van der Waals surface area contributed by atoms with Gasteiger partial charge >= 0.3 is 6.18 Å². The van der Waals surface area contributed by atoms with E-state index < -0.39 is 27.7 Å². The van der Waals surface area contributed by atoms with Gasteiger partial charge in [0.25, 0.3) is 5.91 Å². The minimum atomic E-state index is -4.53. The molecule has 0 radical (unpaired) electrons.